The Morgan fingerprint density at radius 1 is 1.25 bits per heavy atom. The molecular formula is C29H37N3O7S. The number of amides is 1. The van der Waals surface area contributed by atoms with Gasteiger partial charge in [0.1, 0.15) is 5.76 Å². The monoisotopic (exact) mass is 571 g/mol. The summed E-state index contributed by atoms with van der Waals surface area (Å²) >= 11 is -2.25. The molecule has 1 aliphatic carbocycles. The molecule has 0 spiro atoms. The maximum Gasteiger partial charge on any atom is 0.308 e. The van der Waals surface area contributed by atoms with Gasteiger partial charge in [-0.15, -0.1) is 0 Å². The highest BCUT2D eigenvalue weighted by molar-refractivity contribution is 7.76. The van der Waals surface area contributed by atoms with Gasteiger partial charge in [0, 0.05) is 26.3 Å². The zero-order valence-corrected chi connectivity index (χ0v) is 24.0. The first kappa shape index (κ1) is 29.9. The topological polar surface area (TPSA) is 142 Å². The van der Waals surface area contributed by atoms with E-state index in [2.05, 4.69) is 12.2 Å². The molecular weight excluding hydrogens is 534 g/mol. The van der Waals surface area contributed by atoms with E-state index in [4.69, 9.17) is 14.1 Å². The van der Waals surface area contributed by atoms with Gasteiger partial charge in [-0.1, -0.05) is 37.6 Å². The molecule has 3 aromatic rings. The predicted octanol–water partition coefficient (Wildman–Crippen LogP) is 4.75. The molecule has 0 saturated heterocycles. The summed E-state index contributed by atoms with van der Waals surface area (Å²) in [7, 11) is 3.05. The normalized spacial score (nSPS) is 14.9. The maximum absolute atomic E-state index is 13.0. The average Bonchev–Trinajstić information content (AvgIpc) is 3.73. The zero-order valence-electron chi connectivity index (χ0n) is 23.1. The quantitative estimate of drug-likeness (QED) is 0.175. The van der Waals surface area contributed by atoms with Crippen molar-refractivity contribution in [3.8, 4) is 11.3 Å². The number of ether oxygens (including phenoxy) is 1. The van der Waals surface area contributed by atoms with E-state index in [1.54, 1.807) is 7.05 Å². The Morgan fingerprint density at radius 3 is 2.55 bits per heavy atom. The van der Waals surface area contributed by atoms with Gasteiger partial charge in [0.15, 0.2) is 0 Å². The van der Waals surface area contributed by atoms with Crippen molar-refractivity contribution in [2.24, 2.45) is 5.92 Å². The average molecular weight is 572 g/mol. The Labute approximate surface area is 236 Å². The lowest BCUT2D eigenvalue weighted by Crippen LogP contribution is -2.28. The summed E-state index contributed by atoms with van der Waals surface area (Å²) < 4.78 is 34.9. The Hall–Kier alpha value is -3.12. The van der Waals surface area contributed by atoms with Crippen LogP contribution in [0, 0.1) is 5.92 Å². The highest BCUT2D eigenvalue weighted by atomic mass is 32.2. The van der Waals surface area contributed by atoms with Crippen molar-refractivity contribution in [1.82, 2.24) is 14.6 Å². The Morgan fingerprint density at radius 2 is 1.98 bits per heavy atom. The van der Waals surface area contributed by atoms with Gasteiger partial charge in [-0.05, 0) is 55.2 Å². The summed E-state index contributed by atoms with van der Waals surface area (Å²) in [5, 5.41) is 12.7. The zero-order chi connectivity index (χ0) is 28.8. The van der Waals surface area contributed by atoms with Gasteiger partial charge < -0.3 is 19.6 Å². The molecule has 2 heterocycles. The van der Waals surface area contributed by atoms with Crippen LogP contribution in [0.3, 0.4) is 0 Å². The Bertz CT molecular complexity index is 1370. The predicted molar refractivity (Wildman–Crippen MR) is 152 cm³/mol. The lowest BCUT2D eigenvalue weighted by atomic mass is 10.0. The second-order valence-electron chi connectivity index (χ2n) is 10.2. The molecule has 40 heavy (non-hydrogen) atoms. The number of aromatic nitrogens is 1. The van der Waals surface area contributed by atoms with Gasteiger partial charge in [-0.2, -0.15) is 4.31 Å². The van der Waals surface area contributed by atoms with Crippen LogP contribution in [-0.4, -0.2) is 62.3 Å². The van der Waals surface area contributed by atoms with E-state index >= 15 is 0 Å². The molecule has 2 unspecified atom stereocenters. The van der Waals surface area contributed by atoms with Crippen molar-refractivity contribution in [2.75, 3.05) is 27.3 Å². The third-order valence-electron chi connectivity index (χ3n) is 7.36. The van der Waals surface area contributed by atoms with Crippen LogP contribution >= 0.6 is 0 Å². The van der Waals surface area contributed by atoms with Crippen LogP contribution in [0.1, 0.15) is 72.1 Å². The number of pyridine rings is 1. The van der Waals surface area contributed by atoms with Crippen LogP contribution in [0.5, 0.6) is 0 Å². The van der Waals surface area contributed by atoms with Crippen LogP contribution in [0.15, 0.2) is 34.7 Å². The maximum atomic E-state index is 13.0. The number of aliphatic carboxylic acids is 1. The molecule has 11 heteroatoms. The third-order valence-corrected chi connectivity index (χ3v) is 8.12. The second kappa shape index (κ2) is 13.5. The number of fused-ring (bicyclic) bond motifs is 1. The summed E-state index contributed by atoms with van der Waals surface area (Å²) in [4.78, 5) is 29.2. The van der Waals surface area contributed by atoms with Crippen molar-refractivity contribution in [3.05, 3.63) is 52.7 Å². The number of benzene rings is 1. The van der Waals surface area contributed by atoms with Crippen molar-refractivity contribution in [2.45, 2.75) is 57.9 Å². The van der Waals surface area contributed by atoms with Crippen LogP contribution in [0.2, 0.25) is 0 Å². The summed E-state index contributed by atoms with van der Waals surface area (Å²) in [6.07, 6.45) is 4.40. The van der Waals surface area contributed by atoms with Gasteiger partial charge in [0.2, 0.25) is 17.0 Å². The van der Waals surface area contributed by atoms with Crippen LogP contribution < -0.4 is 5.32 Å². The number of carboxylic acids is 1. The van der Waals surface area contributed by atoms with Gasteiger partial charge in [-0.25, -0.2) is 9.19 Å². The molecule has 0 radical (unpaired) electrons. The first-order chi connectivity index (χ1) is 19.3. The molecule has 216 valence electrons. The number of nitrogens with one attached hydrogen (secondary N) is 1. The molecule has 0 aliphatic heterocycles. The van der Waals surface area contributed by atoms with E-state index in [9.17, 15) is 23.5 Å². The molecule has 1 aliphatic rings. The van der Waals surface area contributed by atoms with Crippen LogP contribution in [0.25, 0.3) is 22.4 Å². The van der Waals surface area contributed by atoms with E-state index in [0.29, 0.717) is 53.9 Å². The van der Waals surface area contributed by atoms with Gasteiger partial charge in [0.05, 0.1) is 35.7 Å². The Kier molecular flexibility index (Phi) is 10.1. The first-order valence-electron chi connectivity index (χ1n) is 13.6. The molecule has 1 fully saturated rings. The smallest absolute Gasteiger partial charge is 0.308 e. The fourth-order valence-electron chi connectivity index (χ4n) is 4.93. The van der Waals surface area contributed by atoms with Crippen molar-refractivity contribution in [3.63, 3.8) is 0 Å². The Balaban J connectivity index is 1.63. The largest absolute Gasteiger partial charge is 0.481 e. The molecule has 1 amide bonds. The van der Waals surface area contributed by atoms with Gasteiger partial charge >= 0.3 is 5.97 Å². The molecule has 10 nitrogen and oxygen atoms in total. The number of carboxylic acid groups (broad SMARTS) is 1. The third kappa shape index (κ3) is 6.95. The number of hydrogen-bond acceptors (Lipinski definition) is 6. The standard InChI is InChI=1S/C29H37N3O7S/c1-4-18-8-10-20(11-9-18)26-25(27(33)30-2)23-15-22(19-12-13-19)24(31-28(23)39-26)16-32(40(36)37)14-6-5-7-21(17-38-3)29(34)35/h8-11,15,19,21H,4-7,12-14,16-17H2,1-3H3,(H,30,33)(H,34,35)(H,36,37). The fourth-order valence-corrected chi connectivity index (χ4v) is 5.45. The van der Waals surface area contributed by atoms with Crippen molar-refractivity contribution in [1.29, 1.82) is 0 Å². The number of nitrogens with zero attached hydrogens (tertiary/aromatic N) is 2. The summed E-state index contributed by atoms with van der Waals surface area (Å²) in [5.74, 6) is -1.08. The highest BCUT2D eigenvalue weighted by Gasteiger charge is 2.31. The number of furan rings is 1. The second-order valence-corrected chi connectivity index (χ2v) is 11.1. The number of carbonyl (C=O) groups excluding carboxylic acids is 1. The van der Waals surface area contributed by atoms with E-state index < -0.39 is 23.2 Å². The van der Waals surface area contributed by atoms with Crippen molar-refractivity contribution >= 4 is 34.2 Å². The molecule has 2 aromatic heterocycles. The molecule has 2 atom stereocenters. The number of carbonyl (C=O) groups is 2. The number of aryl methyl sites for hydroxylation is 1. The number of rotatable bonds is 15. The lowest BCUT2D eigenvalue weighted by Gasteiger charge is -2.19. The SMILES string of the molecule is CCc1ccc(-c2oc3nc(CN(CCCCC(COC)C(=O)O)S(=O)O)c(C4CC4)cc3c2C(=O)NC)cc1. The van der Waals surface area contributed by atoms with Crippen molar-refractivity contribution < 1.29 is 32.6 Å². The molecule has 1 saturated carbocycles. The van der Waals surface area contributed by atoms with Gasteiger partial charge in [0.25, 0.3) is 5.91 Å². The fraction of sp³-hybridized carbons (Fsp3) is 0.483. The van der Waals surface area contributed by atoms with Gasteiger partial charge in [-0.3, -0.25) is 14.1 Å². The molecule has 3 N–H and O–H groups in total. The minimum absolute atomic E-state index is 0.127. The van der Waals surface area contributed by atoms with Crippen LogP contribution in [-0.2, 0) is 33.8 Å². The minimum atomic E-state index is -2.25. The molecule has 0 bridgehead atoms. The number of methoxy groups -OCH3 is 1. The van der Waals surface area contributed by atoms with Crippen LogP contribution in [0.4, 0.5) is 0 Å². The number of unbranched alkanes of at least 4 members (excludes halogenated alkanes) is 1. The lowest BCUT2D eigenvalue weighted by molar-refractivity contribution is -0.143. The minimum Gasteiger partial charge on any atom is -0.481 e. The molecule has 4 rings (SSSR count). The van der Waals surface area contributed by atoms with E-state index in [1.165, 1.54) is 17.0 Å². The highest BCUT2D eigenvalue weighted by Crippen LogP contribution is 2.44. The first-order valence-corrected chi connectivity index (χ1v) is 14.7. The summed E-state index contributed by atoms with van der Waals surface area (Å²) in [6, 6.07) is 9.84. The van der Waals surface area contributed by atoms with E-state index in [-0.39, 0.29) is 25.0 Å². The van der Waals surface area contributed by atoms with E-state index in [0.717, 1.165) is 30.4 Å². The molecule has 1 aromatic carbocycles. The number of hydrogen-bond donors (Lipinski definition) is 3. The van der Waals surface area contributed by atoms with E-state index in [1.807, 2.05) is 30.3 Å². The summed E-state index contributed by atoms with van der Waals surface area (Å²) in [6.45, 7) is 2.63. The summed E-state index contributed by atoms with van der Waals surface area (Å²) in [5.41, 5.74) is 4.27.